The van der Waals surface area contributed by atoms with Crippen LogP contribution in [0.1, 0.15) is 30.9 Å². The lowest BCUT2D eigenvalue weighted by Gasteiger charge is -2.30. The van der Waals surface area contributed by atoms with E-state index in [1.807, 2.05) is 12.1 Å². The second kappa shape index (κ2) is 7.14. The largest absolute Gasteiger partial charge is 0.364 e. The van der Waals surface area contributed by atoms with Crippen molar-refractivity contribution in [2.24, 2.45) is 5.92 Å². The van der Waals surface area contributed by atoms with Crippen molar-refractivity contribution in [2.75, 3.05) is 18.4 Å². The van der Waals surface area contributed by atoms with Crippen LogP contribution in [0.25, 0.3) is 5.65 Å². The number of nitrogens with zero attached hydrogens (tertiary/aromatic N) is 6. The maximum atomic E-state index is 4.36. The first-order valence-electron chi connectivity index (χ1n) is 8.86. The van der Waals surface area contributed by atoms with Crippen LogP contribution in [-0.4, -0.2) is 43.2 Å². The summed E-state index contributed by atoms with van der Waals surface area (Å²) in [6.45, 7) is 6.50. The molecule has 1 saturated heterocycles. The fourth-order valence-electron chi connectivity index (χ4n) is 3.27. The summed E-state index contributed by atoms with van der Waals surface area (Å²) in [7, 11) is 0. The molecule has 1 aliphatic heterocycles. The molecule has 0 unspecified atom stereocenters. The first-order valence-corrected chi connectivity index (χ1v) is 8.86. The molecule has 7 heteroatoms. The Kier molecular flexibility index (Phi) is 4.56. The molecule has 0 aliphatic carbocycles. The van der Waals surface area contributed by atoms with Crippen molar-refractivity contribution in [2.45, 2.75) is 32.9 Å². The number of aromatic nitrogens is 5. The van der Waals surface area contributed by atoms with Crippen LogP contribution in [0.3, 0.4) is 0 Å². The Morgan fingerprint density at radius 3 is 2.72 bits per heavy atom. The maximum absolute atomic E-state index is 4.36. The predicted molar refractivity (Wildman–Crippen MR) is 96.0 cm³/mol. The monoisotopic (exact) mass is 337 g/mol. The number of fused-ring (bicyclic) bond motifs is 1. The number of hydrogen-bond donors (Lipinski definition) is 1. The van der Waals surface area contributed by atoms with Gasteiger partial charge in [-0.3, -0.25) is 4.90 Å². The van der Waals surface area contributed by atoms with Crippen LogP contribution in [0.2, 0.25) is 0 Å². The van der Waals surface area contributed by atoms with Crippen molar-refractivity contribution < 1.29 is 0 Å². The summed E-state index contributed by atoms with van der Waals surface area (Å²) in [5.41, 5.74) is 3.33. The Hall–Kier alpha value is -2.54. The topological polar surface area (TPSA) is 71.2 Å². The van der Waals surface area contributed by atoms with Gasteiger partial charge in [-0.2, -0.15) is 0 Å². The zero-order valence-electron chi connectivity index (χ0n) is 14.5. The zero-order valence-corrected chi connectivity index (χ0v) is 14.5. The second-order valence-electron chi connectivity index (χ2n) is 6.83. The number of hydrogen-bond acceptors (Lipinski definition) is 6. The van der Waals surface area contributed by atoms with Crippen LogP contribution in [-0.2, 0) is 13.1 Å². The van der Waals surface area contributed by atoms with Gasteiger partial charge in [-0.05, 0) is 65.5 Å². The van der Waals surface area contributed by atoms with E-state index in [9.17, 15) is 0 Å². The molecule has 0 bridgehead atoms. The van der Waals surface area contributed by atoms with E-state index >= 15 is 0 Å². The molecule has 0 amide bonds. The average Bonchev–Trinajstić information content (AvgIpc) is 3.11. The molecule has 1 fully saturated rings. The molecule has 0 spiro atoms. The molecular formula is C18H23N7. The van der Waals surface area contributed by atoms with E-state index in [0.717, 1.165) is 24.8 Å². The van der Waals surface area contributed by atoms with E-state index < -0.39 is 0 Å². The maximum Gasteiger partial charge on any atom is 0.200 e. The first-order chi connectivity index (χ1) is 12.3. The minimum absolute atomic E-state index is 0.644. The summed E-state index contributed by atoms with van der Waals surface area (Å²) in [6, 6.07) is 12.4. The molecule has 1 aliphatic rings. The van der Waals surface area contributed by atoms with E-state index in [1.165, 1.54) is 41.7 Å². The normalized spacial score (nSPS) is 16.4. The molecular weight excluding hydrogens is 314 g/mol. The Bertz CT molecular complexity index is 836. The Morgan fingerprint density at radius 1 is 1.08 bits per heavy atom. The summed E-state index contributed by atoms with van der Waals surface area (Å²) < 4.78 is 1.43. The number of tetrazole rings is 1. The molecule has 130 valence electrons. The lowest BCUT2D eigenvalue weighted by atomic mass is 9.98. The minimum atomic E-state index is 0.644. The molecule has 0 saturated carbocycles. The van der Waals surface area contributed by atoms with Gasteiger partial charge in [0.05, 0.1) is 0 Å². The average molecular weight is 337 g/mol. The highest BCUT2D eigenvalue weighted by Gasteiger charge is 2.16. The first kappa shape index (κ1) is 16.0. The summed E-state index contributed by atoms with van der Waals surface area (Å²) in [6.07, 6.45) is 2.60. The van der Waals surface area contributed by atoms with Crippen molar-refractivity contribution >= 4 is 11.5 Å². The van der Waals surface area contributed by atoms with Crippen LogP contribution in [0.4, 0.5) is 5.82 Å². The smallest absolute Gasteiger partial charge is 0.200 e. The molecule has 3 aromatic rings. The fraction of sp³-hybridized carbons (Fsp3) is 0.444. The molecule has 1 aromatic carbocycles. The van der Waals surface area contributed by atoms with Crippen LogP contribution >= 0.6 is 0 Å². The van der Waals surface area contributed by atoms with E-state index in [4.69, 9.17) is 0 Å². The van der Waals surface area contributed by atoms with Gasteiger partial charge < -0.3 is 5.32 Å². The standard InChI is InChI=1S/C18H23N7/c1-14-8-10-24(11-9-14)13-16-5-3-2-4-15(16)12-19-17-6-7-18-20-22-23-25(18)21-17/h2-7,14H,8-13H2,1H3,(H,19,21). The van der Waals surface area contributed by atoms with Gasteiger partial charge in [0, 0.05) is 13.1 Å². The molecule has 25 heavy (non-hydrogen) atoms. The van der Waals surface area contributed by atoms with Crippen LogP contribution in [0.5, 0.6) is 0 Å². The van der Waals surface area contributed by atoms with Gasteiger partial charge >= 0.3 is 0 Å². The number of likely N-dealkylation sites (tertiary alicyclic amines) is 1. The summed E-state index contributed by atoms with van der Waals surface area (Å²) in [4.78, 5) is 2.56. The lowest BCUT2D eigenvalue weighted by Crippen LogP contribution is -2.32. The number of nitrogens with one attached hydrogen (secondary N) is 1. The van der Waals surface area contributed by atoms with Crippen LogP contribution < -0.4 is 5.32 Å². The van der Waals surface area contributed by atoms with E-state index in [-0.39, 0.29) is 0 Å². The van der Waals surface area contributed by atoms with Gasteiger partial charge in [0.25, 0.3) is 0 Å². The molecule has 1 N–H and O–H groups in total. The lowest BCUT2D eigenvalue weighted by molar-refractivity contribution is 0.185. The van der Waals surface area contributed by atoms with E-state index in [2.05, 4.69) is 62.0 Å². The SMILES string of the molecule is CC1CCN(Cc2ccccc2CNc2ccc3nnnn3n2)CC1. The minimum Gasteiger partial charge on any atom is -0.364 e. The quantitative estimate of drug-likeness (QED) is 0.771. The highest BCUT2D eigenvalue weighted by molar-refractivity contribution is 5.43. The number of rotatable bonds is 5. The summed E-state index contributed by atoms with van der Waals surface area (Å²) in [5, 5.41) is 19.1. The second-order valence-corrected chi connectivity index (χ2v) is 6.83. The van der Waals surface area contributed by atoms with Gasteiger partial charge in [-0.1, -0.05) is 31.2 Å². The van der Waals surface area contributed by atoms with Gasteiger partial charge in [0.1, 0.15) is 5.82 Å². The molecule has 4 rings (SSSR count). The van der Waals surface area contributed by atoms with Gasteiger partial charge in [0.15, 0.2) is 5.65 Å². The molecule has 3 heterocycles. The van der Waals surface area contributed by atoms with Gasteiger partial charge in [-0.25, -0.2) is 0 Å². The number of benzene rings is 1. The van der Waals surface area contributed by atoms with Crippen molar-refractivity contribution in [3.8, 4) is 0 Å². The fourth-order valence-corrected chi connectivity index (χ4v) is 3.27. The number of piperidine rings is 1. The third-order valence-corrected chi connectivity index (χ3v) is 4.92. The van der Waals surface area contributed by atoms with Crippen molar-refractivity contribution in [1.82, 2.24) is 30.2 Å². The summed E-state index contributed by atoms with van der Waals surface area (Å²) >= 11 is 0. The molecule has 7 nitrogen and oxygen atoms in total. The Balaban J connectivity index is 1.43. The van der Waals surface area contributed by atoms with E-state index in [0.29, 0.717) is 5.65 Å². The summed E-state index contributed by atoms with van der Waals surface area (Å²) in [5.74, 6) is 1.63. The number of anilines is 1. The van der Waals surface area contributed by atoms with Crippen LogP contribution in [0.15, 0.2) is 36.4 Å². The van der Waals surface area contributed by atoms with E-state index in [1.54, 1.807) is 0 Å². The molecule has 0 atom stereocenters. The van der Waals surface area contributed by atoms with Crippen LogP contribution in [0, 0.1) is 5.92 Å². The molecule has 0 radical (unpaired) electrons. The third-order valence-electron chi connectivity index (χ3n) is 4.92. The highest BCUT2D eigenvalue weighted by Crippen LogP contribution is 2.20. The van der Waals surface area contributed by atoms with Gasteiger partial charge in [0.2, 0.25) is 0 Å². The predicted octanol–water partition coefficient (Wildman–Crippen LogP) is 2.36. The van der Waals surface area contributed by atoms with Crippen molar-refractivity contribution in [3.63, 3.8) is 0 Å². The highest BCUT2D eigenvalue weighted by atomic mass is 15.6. The van der Waals surface area contributed by atoms with Crippen molar-refractivity contribution in [3.05, 3.63) is 47.5 Å². The Labute approximate surface area is 147 Å². The van der Waals surface area contributed by atoms with Crippen molar-refractivity contribution in [1.29, 1.82) is 0 Å². The zero-order chi connectivity index (χ0) is 17.1. The third kappa shape index (κ3) is 3.76. The van der Waals surface area contributed by atoms with Gasteiger partial charge in [-0.15, -0.1) is 14.8 Å². The Morgan fingerprint density at radius 2 is 1.88 bits per heavy atom. The molecule has 2 aromatic heterocycles.